The number of methoxy groups -OCH3 is 3. The van der Waals surface area contributed by atoms with Crippen molar-refractivity contribution < 1.29 is 41.6 Å². The van der Waals surface area contributed by atoms with Crippen molar-refractivity contribution in [2.24, 2.45) is 0 Å². The van der Waals surface area contributed by atoms with Crippen molar-refractivity contribution in [3.05, 3.63) is 66.2 Å². The first-order valence-electron chi connectivity index (χ1n) is 14.1. The van der Waals surface area contributed by atoms with Gasteiger partial charge in [-0.05, 0) is 49.7 Å². The minimum Gasteiger partial charge on any atom is -0.407 e. The Bertz CT molecular complexity index is 1230. The molecule has 0 aliphatic carbocycles. The Morgan fingerprint density at radius 1 is 0.881 bits per heavy atom. The van der Waals surface area contributed by atoms with Gasteiger partial charge in [-0.3, -0.25) is 0 Å². The molecule has 42 heavy (non-hydrogen) atoms. The van der Waals surface area contributed by atoms with E-state index >= 15 is 0 Å². The second kappa shape index (κ2) is 13.1. The van der Waals surface area contributed by atoms with Crippen LogP contribution in [0.4, 0.5) is 0 Å². The highest BCUT2D eigenvalue weighted by atomic mass is 32.2. The highest BCUT2D eigenvalue weighted by Crippen LogP contribution is 2.46. The lowest BCUT2D eigenvalue weighted by molar-refractivity contribution is -0.356. The summed E-state index contributed by atoms with van der Waals surface area (Å²) in [6, 6.07) is 17.6. The molecule has 0 saturated carbocycles. The number of rotatable bonds is 13. The summed E-state index contributed by atoms with van der Waals surface area (Å²) in [5, 5.41) is 10.5. The molecule has 1 aliphatic heterocycles. The molecule has 1 fully saturated rings. The number of aliphatic hydroxyl groups excluding tert-OH is 1. The maximum atomic E-state index is 14.2. The fourth-order valence-corrected chi connectivity index (χ4v) is 8.02. The van der Waals surface area contributed by atoms with Gasteiger partial charge in [0.15, 0.2) is 23.9 Å². The van der Waals surface area contributed by atoms with Crippen molar-refractivity contribution in [1.82, 2.24) is 0 Å². The van der Waals surface area contributed by atoms with Crippen LogP contribution in [0.15, 0.2) is 65.6 Å². The van der Waals surface area contributed by atoms with E-state index in [1.807, 2.05) is 30.3 Å². The first-order valence-corrected chi connectivity index (χ1v) is 18.6. The quantitative estimate of drug-likeness (QED) is 0.230. The fraction of sp³-hybridized carbons (Fsp3) is 0.613. The predicted octanol–water partition coefficient (Wildman–Crippen LogP) is 5.46. The third kappa shape index (κ3) is 7.51. The summed E-state index contributed by atoms with van der Waals surface area (Å²) in [7, 11) is -2.51. The second-order valence-electron chi connectivity index (χ2n) is 12.7. The van der Waals surface area contributed by atoms with Gasteiger partial charge < -0.3 is 33.2 Å². The van der Waals surface area contributed by atoms with Gasteiger partial charge in [0.2, 0.25) is 0 Å². The van der Waals surface area contributed by atoms with Crippen LogP contribution in [0.25, 0.3) is 0 Å². The third-order valence-corrected chi connectivity index (χ3v) is 15.0. The molecule has 2 aromatic rings. The van der Waals surface area contributed by atoms with Crippen LogP contribution in [0, 0.1) is 0 Å². The van der Waals surface area contributed by atoms with Gasteiger partial charge in [-0.2, -0.15) is 0 Å². The Kier molecular flexibility index (Phi) is 10.9. The van der Waals surface area contributed by atoms with Gasteiger partial charge in [-0.25, -0.2) is 8.42 Å². The summed E-state index contributed by atoms with van der Waals surface area (Å²) in [6.45, 7) is 14.2. The van der Waals surface area contributed by atoms with E-state index in [2.05, 4.69) is 33.9 Å². The summed E-state index contributed by atoms with van der Waals surface area (Å²) >= 11 is 0. The Balaban J connectivity index is 2.16. The minimum atomic E-state index is -4.17. The number of sulfone groups is 1. The summed E-state index contributed by atoms with van der Waals surface area (Å²) in [5.41, 5.74) is 0.841. The number of hydrogen-bond donors (Lipinski definition) is 1. The Hall–Kier alpha value is -1.67. The molecule has 9 nitrogen and oxygen atoms in total. The maximum absolute atomic E-state index is 14.2. The smallest absolute Gasteiger partial charge is 0.283 e. The Morgan fingerprint density at radius 3 is 1.83 bits per heavy atom. The molecule has 1 N–H and O–H groups in total. The van der Waals surface area contributed by atoms with Gasteiger partial charge in [0.05, 0.1) is 11.0 Å². The van der Waals surface area contributed by atoms with Gasteiger partial charge in [-0.1, -0.05) is 69.3 Å². The van der Waals surface area contributed by atoms with Crippen molar-refractivity contribution in [1.29, 1.82) is 0 Å². The third-order valence-electron chi connectivity index (χ3n) is 8.39. The molecule has 0 bridgehead atoms. The lowest BCUT2D eigenvalue weighted by Gasteiger charge is -2.42. The van der Waals surface area contributed by atoms with Crippen molar-refractivity contribution >= 4 is 18.2 Å². The van der Waals surface area contributed by atoms with E-state index in [9.17, 15) is 13.5 Å². The summed E-state index contributed by atoms with van der Waals surface area (Å²) < 4.78 is 64.6. The van der Waals surface area contributed by atoms with Gasteiger partial charge >= 0.3 is 0 Å². The molecule has 1 saturated heterocycles. The van der Waals surface area contributed by atoms with E-state index in [1.165, 1.54) is 33.5 Å². The highest BCUT2D eigenvalue weighted by Gasteiger charge is 2.56. The van der Waals surface area contributed by atoms with Crippen molar-refractivity contribution in [3.8, 4) is 0 Å². The second-order valence-corrected chi connectivity index (χ2v) is 19.6. The molecule has 11 heteroatoms. The molecule has 236 valence electrons. The van der Waals surface area contributed by atoms with Crippen LogP contribution in [0.1, 0.15) is 52.7 Å². The maximum Gasteiger partial charge on any atom is 0.283 e. The zero-order chi connectivity index (χ0) is 31.6. The highest BCUT2D eigenvalue weighted by molar-refractivity contribution is 7.92. The molecule has 1 heterocycles. The average molecular weight is 625 g/mol. The van der Waals surface area contributed by atoms with Crippen LogP contribution >= 0.6 is 0 Å². The summed E-state index contributed by atoms with van der Waals surface area (Å²) in [6.07, 6.45) is -4.52. The van der Waals surface area contributed by atoms with E-state index < -0.39 is 59.6 Å². The molecule has 1 unspecified atom stereocenters. The van der Waals surface area contributed by atoms with Crippen LogP contribution in [-0.4, -0.2) is 78.5 Å². The topological polar surface area (TPSA) is 110 Å². The summed E-state index contributed by atoms with van der Waals surface area (Å²) in [4.78, 5) is 0.0399. The largest absolute Gasteiger partial charge is 0.407 e. The first-order chi connectivity index (χ1) is 19.4. The van der Waals surface area contributed by atoms with E-state index in [-0.39, 0.29) is 16.4 Å². The van der Waals surface area contributed by atoms with Gasteiger partial charge in [0, 0.05) is 27.8 Å². The van der Waals surface area contributed by atoms with Crippen molar-refractivity contribution in [3.63, 3.8) is 0 Å². The molecule has 0 amide bonds. The Morgan fingerprint density at radius 2 is 1.36 bits per heavy atom. The SMILES string of the molecule is COC(CC([C@H](O)[C@H]1OC(C)(C)O[C@@H]1[C@H](O[Si](C)(C)C(C)(C)C)c1ccccc1)S(=O)(=O)c1ccccc1)(OC)OC. The standard InChI is InChI=1S/C31H48O9SSi/c1-29(2,3)42(9,10)40-26(22-17-13-11-14-18-22)28-27(38-30(4,5)39-28)25(32)24(21-31(35-6,36-7)37-8)41(33,34)23-19-15-12-16-20-23/h11-20,24-28,32H,21H2,1-10H3/t24?,25-,26+,27+,28+/m0/s1. The van der Waals surface area contributed by atoms with Gasteiger partial charge in [0.25, 0.3) is 5.97 Å². The Labute approximate surface area is 252 Å². The molecule has 0 radical (unpaired) electrons. The number of benzene rings is 2. The lowest BCUT2D eigenvalue weighted by atomic mass is 9.95. The molecule has 5 atom stereocenters. The molecule has 0 spiro atoms. The monoisotopic (exact) mass is 624 g/mol. The van der Waals surface area contributed by atoms with Crippen LogP contribution in [0.2, 0.25) is 18.1 Å². The first kappa shape index (κ1) is 34.8. The zero-order valence-corrected chi connectivity index (χ0v) is 28.3. The lowest BCUT2D eigenvalue weighted by Crippen LogP contribution is -2.53. The number of aliphatic hydroxyl groups is 1. The van der Waals surface area contributed by atoms with Crippen LogP contribution in [0.5, 0.6) is 0 Å². The van der Waals surface area contributed by atoms with E-state index in [1.54, 1.807) is 32.0 Å². The van der Waals surface area contributed by atoms with Gasteiger partial charge in [-0.15, -0.1) is 0 Å². The van der Waals surface area contributed by atoms with Crippen molar-refractivity contribution in [2.75, 3.05) is 21.3 Å². The van der Waals surface area contributed by atoms with Crippen LogP contribution < -0.4 is 0 Å². The molecule has 3 rings (SSSR count). The summed E-state index contributed by atoms with van der Waals surface area (Å²) in [5.74, 6) is -2.88. The molecular formula is C31H48O9SSi. The molecule has 0 aromatic heterocycles. The predicted molar refractivity (Wildman–Crippen MR) is 163 cm³/mol. The minimum absolute atomic E-state index is 0.0399. The van der Waals surface area contributed by atoms with Gasteiger partial charge in [0.1, 0.15) is 23.6 Å². The van der Waals surface area contributed by atoms with Crippen LogP contribution in [0.3, 0.4) is 0 Å². The van der Waals surface area contributed by atoms with E-state index in [0.717, 1.165) is 5.56 Å². The molecule has 1 aliphatic rings. The van der Waals surface area contributed by atoms with E-state index in [0.29, 0.717) is 0 Å². The fourth-order valence-electron chi connectivity index (χ4n) is 4.93. The molecule has 2 aromatic carbocycles. The van der Waals surface area contributed by atoms with Crippen LogP contribution in [-0.2, 0) is 37.9 Å². The van der Waals surface area contributed by atoms with Crippen molar-refractivity contribution in [2.45, 2.75) is 105 Å². The van der Waals surface area contributed by atoms with E-state index in [4.69, 9.17) is 28.1 Å². The molecular weight excluding hydrogens is 576 g/mol. The normalized spacial score (nSPS) is 22.1. The zero-order valence-electron chi connectivity index (χ0n) is 26.5. The number of hydrogen-bond acceptors (Lipinski definition) is 9. The number of ether oxygens (including phenoxy) is 5. The average Bonchev–Trinajstić information content (AvgIpc) is 3.27.